The summed E-state index contributed by atoms with van der Waals surface area (Å²) in [4.78, 5) is 16.6. The van der Waals surface area contributed by atoms with Crippen LogP contribution in [0.3, 0.4) is 0 Å². The van der Waals surface area contributed by atoms with Crippen LogP contribution in [0.5, 0.6) is 0 Å². The predicted octanol–water partition coefficient (Wildman–Crippen LogP) is 0.171. The Morgan fingerprint density at radius 3 is 3.00 bits per heavy atom. The second kappa shape index (κ2) is 5.15. The Hall–Kier alpha value is -0.660. The standard InChI is InChI=1S/C7H11IN4O/c1-11(7(13)4-8)2-3-12-6-9-5-10-12/h5-6H,2-4H2,1H3. The van der Waals surface area contributed by atoms with Gasteiger partial charge in [0.1, 0.15) is 12.7 Å². The number of amides is 1. The van der Waals surface area contributed by atoms with E-state index in [4.69, 9.17) is 0 Å². The molecule has 0 aliphatic rings. The molecule has 1 amide bonds. The number of carbonyl (C=O) groups is 1. The monoisotopic (exact) mass is 294 g/mol. The first-order valence-corrected chi connectivity index (χ1v) is 5.39. The van der Waals surface area contributed by atoms with Crippen LogP contribution in [0, 0.1) is 0 Å². The van der Waals surface area contributed by atoms with Crippen LogP contribution in [0.15, 0.2) is 12.7 Å². The topological polar surface area (TPSA) is 51.0 Å². The summed E-state index contributed by atoms with van der Waals surface area (Å²) in [5.74, 6) is 0.140. The molecule has 0 unspecified atom stereocenters. The average molecular weight is 294 g/mol. The van der Waals surface area contributed by atoms with Crippen molar-refractivity contribution < 1.29 is 4.79 Å². The molecule has 0 atom stereocenters. The molecule has 13 heavy (non-hydrogen) atoms. The third kappa shape index (κ3) is 3.29. The predicted molar refractivity (Wildman–Crippen MR) is 56.5 cm³/mol. The van der Waals surface area contributed by atoms with Gasteiger partial charge in [0.25, 0.3) is 0 Å². The normalized spacial score (nSPS) is 10.0. The van der Waals surface area contributed by atoms with E-state index in [0.717, 1.165) is 0 Å². The molecule has 0 spiro atoms. The highest BCUT2D eigenvalue weighted by Crippen LogP contribution is 1.91. The fourth-order valence-electron chi connectivity index (χ4n) is 0.827. The van der Waals surface area contributed by atoms with Gasteiger partial charge in [-0.1, -0.05) is 22.6 Å². The second-order valence-corrected chi connectivity index (χ2v) is 3.37. The van der Waals surface area contributed by atoms with E-state index in [0.29, 0.717) is 17.5 Å². The quantitative estimate of drug-likeness (QED) is 0.587. The zero-order valence-electron chi connectivity index (χ0n) is 7.35. The number of rotatable bonds is 4. The van der Waals surface area contributed by atoms with E-state index in [1.54, 1.807) is 23.0 Å². The second-order valence-electron chi connectivity index (χ2n) is 2.61. The van der Waals surface area contributed by atoms with Gasteiger partial charge in [0.05, 0.1) is 11.0 Å². The molecule has 1 aromatic rings. The van der Waals surface area contributed by atoms with Crippen LogP contribution in [-0.2, 0) is 11.3 Å². The Morgan fingerprint density at radius 2 is 2.46 bits per heavy atom. The van der Waals surface area contributed by atoms with Gasteiger partial charge < -0.3 is 4.90 Å². The molecule has 0 aliphatic heterocycles. The van der Waals surface area contributed by atoms with Crippen LogP contribution >= 0.6 is 22.6 Å². The molecule has 0 N–H and O–H groups in total. The smallest absolute Gasteiger partial charge is 0.232 e. The van der Waals surface area contributed by atoms with E-state index in [2.05, 4.69) is 32.7 Å². The zero-order valence-corrected chi connectivity index (χ0v) is 9.51. The molecular weight excluding hydrogens is 283 g/mol. The van der Waals surface area contributed by atoms with Crippen LogP contribution < -0.4 is 0 Å². The SMILES string of the molecule is CN(CCn1cncn1)C(=O)CI. The van der Waals surface area contributed by atoms with E-state index in [-0.39, 0.29) is 5.91 Å². The summed E-state index contributed by atoms with van der Waals surface area (Å²) in [5.41, 5.74) is 0. The number of aromatic nitrogens is 3. The minimum atomic E-state index is 0.140. The molecule has 1 aromatic heterocycles. The summed E-state index contributed by atoms with van der Waals surface area (Å²) < 4.78 is 2.22. The molecule has 0 radical (unpaired) electrons. The van der Waals surface area contributed by atoms with E-state index in [1.807, 2.05) is 0 Å². The van der Waals surface area contributed by atoms with Crippen LogP contribution in [0.2, 0.25) is 0 Å². The molecule has 0 aromatic carbocycles. The number of hydrogen-bond donors (Lipinski definition) is 0. The van der Waals surface area contributed by atoms with Gasteiger partial charge >= 0.3 is 0 Å². The van der Waals surface area contributed by atoms with Gasteiger partial charge in [0, 0.05) is 13.6 Å². The van der Waals surface area contributed by atoms with Crippen LogP contribution in [0.25, 0.3) is 0 Å². The molecule has 1 heterocycles. The third-order valence-electron chi connectivity index (χ3n) is 1.67. The van der Waals surface area contributed by atoms with Gasteiger partial charge in [-0.2, -0.15) is 5.10 Å². The van der Waals surface area contributed by atoms with Crippen molar-refractivity contribution in [2.75, 3.05) is 18.0 Å². The molecule has 1 rings (SSSR count). The Bertz CT molecular complexity index is 261. The summed E-state index contributed by atoms with van der Waals surface area (Å²) >= 11 is 2.06. The molecular formula is C7H11IN4O. The molecule has 72 valence electrons. The lowest BCUT2D eigenvalue weighted by Gasteiger charge is -2.14. The highest BCUT2D eigenvalue weighted by Gasteiger charge is 2.05. The van der Waals surface area contributed by atoms with Gasteiger partial charge in [0.2, 0.25) is 5.91 Å². The van der Waals surface area contributed by atoms with Gasteiger partial charge in [-0.25, -0.2) is 4.98 Å². The lowest BCUT2D eigenvalue weighted by Crippen LogP contribution is -2.30. The van der Waals surface area contributed by atoms with Gasteiger partial charge in [-0.05, 0) is 0 Å². The Morgan fingerprint density at radius 1 is 1.69 bits per heavy atom. The van der Waals surface area contributed by atoms with Crippen LogP contribution in [-0.4, -0.2) is 43.6 Å². The lowest BCUT2D eigenvalue weighted by molar-refractivity contribution is -0.126. The van der Waals surface area contributed by atoms with Crippen molar-refractivity contribution in [2.45, 2.75) is 6.54 Å². The van der Waals surface area contributed by atoms with Crippen molar-refractivity contribution in [1.29, 1.82) is 0 Å². The summed E-state index contributed by atoms with van der Waals surface area (Å²) in [6, 6.07) is 0. The van der Waals surface area contributed by atoms with E-state index in [9.17, 15) is 4.79 Å². The zero-order chi connectivity index (χ0) is 9.68. The Balaban J connectivity index is 2.30. The first-order chi connectivity index (χ1) is 6.24. The molecule has 0 saturated heterocycles. The van der Waals surface area contributed by atoms with Gasteiger partial charge in [-0.3, -0.25) is 9.48 Å². The van der Waals surface area contributed by atoms with Crippen molar-refractivity contribution in [3.05, 3.63) is 12.7 Å². The minimum Gasteiger partial charge on any atom is -0.343 e. The van der Waals surface area contributed by atoms with Crippen molar-refractivity contribution in [2.24, 2.45) is 0 Å². The fraction of sp³-hybridized carbons (Fsp3) is 0.571. The van der Waals surface area contributed by atoms with Crippen molar-refractivity contribution >= 4 is 28.5 Å². The first kappa shape index (κ1) is 10.4. The minimum absolute atomic E-state index is 0.140. The fourth-order valence-corrected chi connectivity index (χ4v) is 1.41. The largest absolute Gasteiger partial charge is 0.343 e. The lowest BCUT2D eigenvalue weighted by atomic mass is 10.5. The first-order valence-electron chi connectivity index (χ1n) is 3.86. The summed E-state index contributed by atoms with van der Waals surface area (Å²) in [6.07, 6.45) is 3.13. The number of nitrogens with zero attached hydrogens (tertiary/aromatic N) is 4. The number of halogens is 1. The maximum Gasteiger partial charge on any atom is 0.232 e. The van der Waals surface area contributed by atoms with Crippen molar-refractivity contribution in [1.82, 2.24) is 19.7 Å². The summed E-state index contributed by atoms with van der Waals surface area (Å²) in [5, 5.41) is 3.94. The van der Waals surface area contributed by atoms with Crippen LogP contribution in [0.4, 0.5) is 0 Å². The van der Waals surface area contributed by atoms with E-state index >= 15 is 0 Å². The maximum atomic E-state index is 11.1. The summed E-state index contributed by atoms with van der Waals surface area (Å²) in [6.45, 7) is 1.37. The number of carbonyl (C=O) groups excluding carboxylic acids is 1. The number of alkyl halides is 1. The Labute approximate surface area is 90.3 Å². The summed E-state index contributed by atoms with van der Waals surface area (Å²) in [7, 11) is 1.79. The Kier molecular flexibility index (Phi) is 4.13. The third-order valence-corrected chi connectivity index (χ3v) is 2.32. The van der Waals surface area contributed by atoms with Gasteiger partial charge in [0.15, 0.2) is 0 Å². The molecule has 5 nitrogen and oxygen atoms in total. The van der Waals surface area contributed by atoms with Gasteiger partial charge in [-0.15, -0.1) is 0 Å². The maximum absolute atomic E-state index is 11.1. The van der Waals surface area contributed by atoms with Crippen molar-refractivity contribution in [3.63, 3.8) is 0 Å². The highest BCUT2D eigenvalue weighted by molar-refractivity contribution is 14.1. The number of likely N-dealkylation sites (N-methyl/N-ethyl adjacent to an activating group) is 1. The van der Waals surface area contributed by atoms with Crippen LogP contribution in [0.1, 0.15) is 0 Å². The van der Waals surface area contributed by atoms with E-state index in [1.165, 1.54) is 6.33 Å². The molecule has 0 aliphatic carbocycles. The number of hydrogen-bond acceptors (Lipinski definition) is 3. The highest BCUT2D eigenvalue weighted by atomic mass is 127. The average Bonchev–Trinajstić information content (AvgIpc) is 2.65. The molecule has 6 heteroatoms. The molecule has 0 fully saturated rings. The van der Waals surface area contributed by atoms with Crippen molar-refractivity contribution in [3.8, 4) is 0 Å². The van der Waals surface area contributed by atoms with E-state index < -0.39 is 0 Å². The molecule has 0 saturated carbocycles. The molecule has 0 bridgehead atoms.